The highest BCUT2D eigenvalue weighted by Crippen LogP contribution is 2.33. The van der Waals surface area contributed by atoms with Gasteiger partial charge in [0.25, 0.3) is 0 Å². The number of benzene rings is 1. The first-order chi connectivity index (χ1) is 12.1. The van der Waals surface area contributed by atoms with Crippen LogP contribution in [0.25, 0.3) is 10.6 Å². The van der Waals surface area contributed by atoms with Crippen LogP contribution in [0.5, 0.6) is 11.5 Å². The Morgan fingerprint density at radius 2 is 2.12 bits per heavy atom. The molecule has 1 aromatic carbocycles. The van der Waals surface area contributed by atoms with E-state index in [-0.39, 0.29) is 5.91 Å². The SMILES string of the molecule is COc1ccc(-c2nc(CC(=O)N3CCC[C@H](C)C3)cs2)cc1OC. The maximum Gasteiger partial charge on any atom is 0.228 e. The number of likely N-dealkylation sites (tertiary alicyclic amines) is 1. The number of amides is 1. The van der Waals surface area contributed by atoms with Crippen LogP contribution in [0.1, 0.15) is 25.5 Å². The van der Waals surface area contributed by atoms with E-state index in [9.17, 15) is 4.79 Å². The zero-order valence-corrected chi connectivity index (χ0v) is 15.8. The number of thiazole rings is 1. The summed E-state index contributed by atoms with van der Waals surface area (Å²) in [6.45, 7) is 3.94. The second-order valence-electron chi connectivity index (χ2n) is 6.48. The molecule has 1 atom stereocenters. The lowest BCUT2D eigenvalue weighted by atomic mass is 10.00. The molecule has 0 bridgehead atoms. The predicted octanol–water partition coefficient (Wildman–Crippen LogP) is 3.63. The fourth-order valence-electron chi connectivity index (χ4n) is 3.17. The van der Waals surface area contributed by atoms with Crippen LogP contribution in [0.15, 0.2) is 23.6 Å². The third kappa shape index (κ3) is 4.12. The highest BCUT2D eigenvalue weighted by atomic mass is 32.1. The molecular formula is C19H24N2O3S. The molecule has 1 amide bonds. The Labute approximate surface area is 152 Å². The van der Waals surface area contributed by atoms with E-state index in [1.54, 1.807) is 25.6 Å². The molecule has 0 unspecified atom stereocenters. The van der Waals surface area contributed by atoms with Crippen molar-refractivity contribution >= 4 is 17.2 Å². The quantitative estimate of drug-likeness (QED) is 0.817. The maximum absolute atomic E-state index is 12.5. The first-order valence-electron chi connectivity index (χ1n) is 8.55. The smallest absolute Gasteiger partial charge is 0.228 e. The van der Waals surface area contributed by atoms with E-state index < -0.39 is 0 Å². The Morgan fingerprint density at radius 1 is 1.32 bits per heavy atom. The van der Waals surface area contributed by atoms with Crippen molar-refractivity contribution in [2.45, 2.75) is 26.2 Å². The van der Waals surface area contributed by atoms with Gasteiger partial charge in [-0.3, -0.25) is 4.79 Å². The van der Waals surface area contributed by atoms with Gasteiger partial charge in [-0.05, 0) is 37.0 Å². The van der Waals surface area contributed by atoms with Crippen molar-refractivity contribution in [1.29, 1.82) is 0 Å². The molecule has 1 saturated heterocycles. The van der Waals surface area contributed by atoms with E-state index in [1.807, 2.05) is 28.5 Å². The van der Waals surface area contributed by atoms with Gasteiger partial charge >= 0.3 is 0 Å². The van der Waals surface area contributed by atoms with Crippen LogP contribution in [0.2, 0.25) is 0 Å². The molecule has 25 heavy (non-hydrogen) atoms. The van der Waals surface area contributed by atoms with Crippen molar-refractivity contribution in [3.8, 4) is 22.1 Å². The van der Waals surface area contributed by atoms with Crippen LogP contribution in [-0.4, -0.2) is 43.1 Å². The topological polar surface area (TPSA) is 51.7 Å². The minimum absolute atomic E-state index is 0.177. The zero-order valence-electron chi connectivity index (χ0n) is 14.9. The number of carbonyl (C=O) groups excluding carboxylic acids is 1. The van der Waals surface area contributed by atoms with Gasteiger partial charge in [0.05, 0.1) is 26.3 Å². The van der Waals surface area contributed by atoms with Gasteiger partial charge in [-0.2, -0.15) is 0 Å². The molecule has 0 saturated carbocycles. The summed E-state index contributed by atoms with van der Waals surface area (Å²) >= 11 is 1.55. The number of hydrogen-bond donors (Lipinski definition) is 0. The van der Waals surface area contributed by atoms with Crippen LogP contribution >= 0.6 is 11.3 Å². The Bertz CT molecular complexity index is 744. The second-order valence-corrected chi connectivity index (χ2v) is 7.34. The average Bonchev–Trinajstić information content (AvgIpc) is 3.09. The number of hydrogen-bond acceptors (Lipinski definition) is 5. The Morgan fingerprint density at radius 3 is 2.84 bits per heavy atom. The van der Waals surface area contributed by atoms with E-state index in [0.29, 0.717) is 23.8 Å². The number of nitrogens with zero attached hydrogens (tertiary/aromatic N) is 2. The first-order valence-corrected chi connectivity index (χ1v) is 9.43. The van der Waals surface area contributed by atoms with Crippen LogP contribution < -0.4 is 9.47 Å². The summed E-state index contributed by atoms with van der Waals surface area (Å²) in [5.74, 6) is 2.14. The van der Waals surface area contributed by atoms with Gasteiger partial charge in [-0.15, -0.1) is 11.3 Å². The number of ether oxygens (including phenoxy) is 2. The molecule has 2 heterocycles. The molecule has 0 aliphatic carbocycles. The number of aromatic nitrogens is 1. The summed E-state index contributed by atoms with van der Waals surface area (Å²) in [7, 11) is 3.24. The van der Waals surface area contributed by atoms with Crippen LogP contribution in [0.3, 0.4) is 0 Å². The summed E-state index contributed by atoms with van der Waals surface area (Å²) in [6, 6.07) is 5.74. The van der Waals surface area contributed by atoms with Crippen molar-refractivity contribution < 1.29 is 14.3 Å². The van der Waals surface area contributed by atoms with E-state index in [1.165, 1.54) is 6.42 Å². The standard InChI is InChI=1S/C19H24N2O3S/c1-13-5-4-8-21(11-13)18(22)10-15-12-25-19(20-15)14-6-7-16(23-2)17(9-14)24-3/h6-7,9,12-13H,4-5,8,10-11H2,1-3H3/t13-/m0/s1. The van der Waals surface area contributed by atoms with Crippen LogP contribution in [-0.2, 0) is 11.2 Å². The van der Waals surface area contributed by atoms with Crippen LogP contribution in [0, 0.1) is 5.92 Å². The lowest BCUT2D eigenvalue weighted by Crippen LogP contribution is -2.39. The fourth-order valence-corrected chi connectivity index (χ4v) is 3.99. The predicted molar refractivity (Wildman–Crippen MR) is 99.3 cm³/mol. The molecule has 1 aromatic heterocycles. The fraction of sp³-hybridized carbons (Fsp3) is 0.474. The number of methoxy groups -OCH3 is 2. The molecule has 134 valence electrons. The molecule has 0 radical (unpaired) electrons. The van der Waals surface area contributed by atoms with Crippen molar-refractivity contribution in [3.05, 3.63) is 29.3 Å². The molecule has 1 fully saturated rings. The number of piperidine rings is 1. The first kappa shape index (κ1) is 17.7. The van der Waals surface area contributed by atoms with Gasteiger partial charge in [0, 0.05) is 24.0 Å². The molecule has 5 nitrogen and oxygen atoms in total. The highest BCUT2D eigenvalue weighted by Gasteiger charge is 2.21. The van der Waals surface area contributed by atoms with E-state index in [4.69, 9.17) is 9.47 Å². The van der Waals surface area contributed by atoms with E-state index in [2.05, 4.69) is 11.9 Å². The van der Waals surface area contributed by atoms with Crippen molar-refractivity contribution in [2.24, 2.45) is 5.92 Å². The normalized spacial score (nSPS) is 17.4. The lowest BCUT2D eigenvalue weighted by Gasteiger charge is -2.30. The van der Waals surface area contributed by atoms with Gasteiger partial charge < -0.3 is 14.4 Å². The molecule has 1 aliphatic heterocycles. The largest absolute Gasteiger partial charge is 0.493 e. The second kappa shape index (κ2) is 7.87. The monoisotopic (exact) mass is 360 g/mol. The summed E-state index contributed by atoms with van der Waals surface area (Å²) in [5.41, 5.74) is 1.80. The summed E-state index contributed by atoms with van der Waals surface area (Å²) in [4.78, 5) is 19.1. The third-order valence-electron chi connectivity index (χ3n) is 4.52. The zero-order chi connectivity index (χ0) is 17.8. The summed E-state index contributed by atoms with van der Waals surface area (Å²) < 4.78 is 10.6. The van der Waals surface area contributed by atoms with E-state index >= 15 is 0 Å². The molecule has 0 spiro atoms. The van der Waals surface area contributed by atoms with Gasteiger partial charge in [-0.1, -0.05) is 6.92 Å². The van der Waals surface area contributed by atoms with Gasteiger partial charge in [0.15, 0.2) is 11.5 Å². The van der Waals surface area contributed by atoms with Crippen molar-refractivity contribution in [3.63, 3.8) is 0 Å². The average molecular weight is 360 g/mol. The Kier molecular flexibility index (Phi) is 5.58. The minimum Gasteiger partial charge on any atom is -0.493 e. The minimum atomic E-state index is 0.177. The van der Waals surface area contributed by atoms with Crippen molar-refractivity contribution in [2.75, 3.05) is 27.3 Å². The lowest BCUT2D eigenvalue weighted by molar-refractivity contribution is -0.132. The Hall–Kier alpha value is -2.08. The summed E-state index contributed by atoms with van der Waals surface area (Å²) in [6.07, 6.45) is 2.68. The Balaban J connectivity index is 1.71. The molecule has 1 aliphatic rings. The molecular weight excluding hydrogens is 336 g/mol. The van der Waals surface area contributed by atoms with Gasteiger partial charge in [0.2, 0.25) is 5.91 Å². The molecule has 2 aromatic rings. The summed E-state index contributed by atoms with van der Waals surface area (Å²) in [5, 5.41) is 2.85. The number of carbonyl (C=O) groups is 1. The maximum atomic E-state index is 12.5. The molecule has 0 N–H and O–H groups in total. The molecule has 6 heteroatoms. The third-order valence-corrected chi connectivity index (χ3v) is 5.46. The van der Waals surface area contributed by atoms with Crippen LogP contribution in [0.4, 0.5) is 0 Å². The van der Waals surface area contributed by atoms with Gasteiger partial charge in [0.1, 0.15) is 5.01 Å². The van der Waals surface area contributed by atoms with Crippen molar-refractivity contribution in [1.82, 2.24) is 9.88 Å². The number of rotatable bonds is 5. The van der Waals surface area contributed by atoms with E-state index in [0.717, 1.165) is 35.8 Å². The van der Waals surface area contributed by atoms with Gasteiger partial charge in [-0.25, -0.2) is 4.98 Å². The molecule has 3 rings (SSSR count). The highest BCUT2D eigenvalue weighted by molar-refractivity contribution is 7.13.